The van der Waals surface area contributed by atoms with Crippen molar-refractivity contribution in [3.05, 3.63) is 59.7 Å². The number of rotatable bonds is 2. The fourth-order valence-corrected chi connectivity index (χ4v) is 1.40. The predicted octanol–water partition coefficient (Wildman–Crippen LogP) is 2.03. The van der Waals surface area contributed by atoms with E-state index in [2.05, 4.69) is 4.98 Å². The third-order valence-corrected chi connectivity index (χ3v) is 2.22. The lowest BCUT2D eigenvalue weighted by Crippen LogP contribution is -2.07. The Morgan fingerprint density at radius 3 is 2.62 bits per heavy atom. The lowest BCUT2D eigenvalue weighted by atomic mass is 10.0. The number of ketones is 1. The molecule has 4 heteroatoms. The molecule has 0 saturated heterocycles. The Labute approximate surface area is 91.7 Å². The first-order chi connectivity index (χ1) is 7.70. The second-order valence-electron chi connectivity index (χ2n) is 3.27. The topological polar surface area (TPSA) is 56.0 Å². The number of anilines is 1. The predicted molar refractivity (Wildman–Crippen MR) is 58.5 cm³/mol. The molecule has 0 saturated carbocycles. The number of halogens is 1. The monoisotopic (exact) mass is 216 g/mol. The standard InChI is InChI=1S/C12H9FN2O/c13-10-4-2-1-3-8(10)12(16)9-5-6-15-7-11(9)14/h1-7H,14H2. The summed E-state index contributed by atoms with van der Waals surface area (Å²) >= 11 is 0. The summed E-state index contributed by atoms with van der Waals surface area (Å²) in [6.45, 7) is 0. The Kier molecular flexibility index (Phi) is 2.64. The molecule has 0 radical (unpaired) electrons. The highest BCUT2D eigenvalue weighted by Gasteiger charge is 2.15. The first-order valence-corrected chi connectivity index (χ1v) is 4.69. The number of carbonyl (C=O) groups excluding carboxylic acids is 1. The van der Waals surface area contributed by atoms with Crippen LogP contribution in [-0.2, 0) is 0 Å². The molecule has 2 N–H and O–H groups in total. The second-order valence-corrected chi connectivity index (χ2v) is 3.27. The van der Waals surface area contributed by atoms with Crippen molar-refractivity contribution in [2.45, 2.75) is 0 Å². The van der Waals surface area contributed by atoms with Crippen LogP contribution in [0.1, 0.15) is 15.9 Å². The zero-order valence-electron chi connectivity index (χ0n) is 8.35. The van der Waals surface area contributed by atoms with E-state index in [1.54, 1.807) is 6.07 Å². The Morgan fingerprint density at radius 2 is 1.94 bits per heavy atom. The van der Waals surface area contributed by atoms with E-state index >= 15 is 0 Å². The Morgan fingerprint density at radius 1 is 1.19 bits per heavy atom. The molecule has 0 atom stereocenters. The first kappa shape index (κ1) is 10.3. The molecule has 0 aliphatic rings. The number of nitrogens with two attached hydrogens (primary N) is 1. The van der Waals surface area contributed by atoms with E-state index in [9.17, 15) is 9.18 Å². The molecular formula is C12H9FN2O. The van der Waals surface area contributed by atoms with Gasteiger partial charge in [0.2, 0.25) is 0 Å². The highest BCUT2D eigenvalue weighted by atomic mass is 19.1. The van der Waals surface area contributed by atoms with Crippen molar-refractivity contribution in [1.82, 2.24) is 4.98 Å². The lowest BCUT2D eigenvalue weighted by molar-refractivity contribution is 0.103. The highest BCUT2D eigenvalue weighted by Crippen LogP contribution is 2.17. The van der Waals surface area contributed by atoms with Crippen molar-refractivity contribution in [2.75, 3.05) is 5.73 Å². The van der Waals surface area contributed by atoms with Gasteiger partial charge in [-0.1, -0.05) is 12.1 Å². The molecule has 0 bridgehead atoms. The molecule has 16 heavy (non-hydrogen) atoms. The average molecular weight is 216 g/mol. The number of hydrogen-bond donors (Lipinski definition) is 1. The fraction of sp³-hybridized carbons (Fsp3) is 0. The zero-order chi connectivity index (χ0) is 11.5. The van der Waals surface area contributed by atoms with Crippen molar-refractivity contribution in [3.63, 3.8) is 0 Å². The van der Waals surface area contributed by atoms with Crippen molar-refractivity contribution in [3.8, 4) is 0 Å². The van der Waals surface area contributed by atoms with Gasteiger partial charge in [0.15, 0.2) is 5.78 Å². The Balaban J connectivity index is 2.48. The molecular weight excluding hydrogens is 207 g/mol. The molecule has 80 valence electrons. The Hall–Kier alpha value is -2.23. The van der Waals surface area contributed by atoms with Crippen LogP contribution >= 0.6 is 0 Å². The summed E-state index contributed by atoms with van der Waals surface area (Å²) in [6, 6.07) is 7.28. The van der Waals surface area contributed by atoms with E-state index in [1.807, 2.05) is 0 Å². The van der Waals surface area contributed by atoms with Gasteiger partial charge in [0.1, 0.15) is 5.82 Å². The minimum atomic E-state index is -0.552. The van der Waals surface area contributed by atoms with E-state index in [4.69, 9.17) is 5.73 Å². The summed E-state index contributed by atoms with van der Waals surface area (Å²) in [7, 11) is 0. The zero-order valence-corrected chi connectivity index (χ0v) is 8.35. The quantitative estimate of drug-likeness (QED) is 0.781. The molecule has 0 fully saturated rings. The fourth-order valence-electron chi connectivity index (χ4n) is 1.40. The van der Waals surface area contributed by atoms with Gasteiger partial charge in [0.25, 0.3) is 0 Å². The summed E-state index contributed by atoms with van der Waals surface area (Å²) in [4.78, 5) is 15.7. The third-order valence-electron chi connectivity index (χ3n) is 2.22. The van der Waals surface area contributed by atoms with Gasteiger partial charge in [-0.2, -0.15) is 0 Å². The van der Waals surface area contributed by atoms with Crippen LogP contribution in [0.25, 0.3) is 0 Å². The summed E-state index contributed by atoms with van der Waals surface area (Å²) in [6.07, 6.45) is 2.82. The summed E-state index contributed by atoms with van der Waals surface area (Å²) < 4.78 is 13.4. The molecule has 3 nitrogen and oxygen atoms in total. The third kappa shape index (κ3) is 1.77. The maximum absolute atomic E-state index is 13.4. The van der Waals surface area contributed by atoms with Crippen molar-refractivity contribution in [1.29, 1.82) is 0 Å². The molecule has 0 amide bonds. The van der Waals surface area contributed by atoms with Crippen LogP contribution in [0, 0.1) is 5.82 Å². The van der Waals surface area contributed by atoms with E-state index in [1.165, 1.54) is 36.7 Å². The first-order valence-electron chi connectivity index (χ1n) is 4.69. The van der Waals surface area contributed by atoms with Gasteiger partial charge in [0.05, 0.1) is 17.4 Å². The smallest absolute Gasteiger partial charge is 0.198 e. The molecule has 1 aromatic heterocycles. The van der Waals surface area contributed by atoms with Crippen molar-refractivity contribution < 1.29 is 9.18 Å². The molecule has 2 aromatic rings. The van der Waals surface area contributed by atoms with Crippen LogP contribution < -0.4 is 5.73 Å². The SMILES string of the molecule is Nc1cnccc1C(=O)c1ccccc1F. The minimum absolute atomic E-state index is 0.0143. The maximum Gasteiger partial charge on any atom is 0.198 e. The van der Waals surface area contributed by atoms with Gasteiger partial charge in [0, 0.05) is 11.8 Å². The lowest BCUT2D eigenvalue weighted by Gasteiger charge is -2.04. The minimum Gasteiger partial charge on any atom is -0.397 e. The second kappa shape index (κ2) is 4.10. The molecule has 0 spiro atoms. The molecule has 1 heterocycles. The number of hydrogen-bond acceptors (Lipinski definition) is 3. The summed E-state index contributed by atoms with van der Waals surface area (Å²) in [5, 5.41) is 0. The Bertz CT molecular complexity index is 493. The number of pyridine rings is 1. The number of nitrogens with zero attached hydrogens (tertiary/aromatic N) is 1. The number of aromatic nitrogens is 1. The van der Waals surface area contributed by atoms with Gasteiger partial charge in [-0.25, -0.2) is 4.39 Å². The van der Waals surface area contributed by atoms with Crippen LogP contribution in [0.4, 0.5) is 10.1 Å². The average Bonchev–Trinajstić information content (AvgIpc) is 2.29. The number of carbonyl (C=O) groups is 1. The van der Waals surface area contributed by atoms with Gasteiger partial charge >= 0.3 is 0 Å². The molecule has 0 unspecified atom stereocenters. The van der Waals surface area contributed by atoms with Crippen LogP contribution in [0.15, 0.2) is 42.7 Å². The van der Waals surface area contributed by atoms with Gasteiger partial charge in [-0.3, -0.25) is 9.78 Å². The van der Waals surface area contributed by atoms with Crippen LogP contribution in [0.3, 0.4) is 0 Å². The molecule has 1 aromatic carbocycles. The summed E-state index contributed by atoms with van der Waals surface area (Å²) in [5.41, 5.74) is 6.13. The van der Waals surface area contributed by atoms with E-state index in [-0.39, 0.29) is 16.8 Å². The number of benzene rings is 1. The van der Waals surface area contributed by atoms with Gasteiger partial charge in [-0.15, -0.1) is 0 Å². The highest BCUT2D eigenvalue weighted by molar-refractivity contribution is 6.12. The molecule has 0 aliphatic carbocycles. The van der Waals surface area contributed by atoms with E-state index < -0.39 is 11.6 Å². The van der Waals surface area contributed by atoms with E-state index in [0.717, 1.165) is 0 Å². The molecule has 2 rings (SSSR count). The maximum atomic E-state index is 13.4. The van der Waals surface area contributed by atoms with Crippen LogP contribution in [0.2, 0.25) is 0 Å². The van der Waals surface area contributed by atoms with Crippen LogP contribution in [0.5, 0.6) is 0 Å². The largest absolute Gasteiger partial charge is 0.397 e. The molecule has 0 aliphatic heterocycles. The normalized spacial score (nSPS) is 10.1. The van der Waals surface area contributed by atoms with E-state index in [0.29, 0.717) is 0 Å². The van der Waals surface area contributed by atoms with Crippen molar-refractivity contribution >= 4 is 11.5 Å². The summed E-state index contributed by atoms with van der Waals surface area (Å²) in [5.74, 6) is -0.985. The van der Waals surface area contributed by atoms with Crippen LogP contribution in [-0.4, -0.2) is 10.8 Å². The van der Waals surface area contributed by atoms with Crippen molar-refractivity contribution in [2.24, 2.45) is 0 Å². The van der Waals surface area contributed by atoms with Gasteiger partial charge < -0.3 is 5.73 Å². The number of nitrogen functional groups attached to an aromatic ring is 1. The van der Waals surface area contributed by atoms with Gasteiger partial charge in [-0.05, 0) is 18.2 Å².